The molecule has 4 rings (SSSR count). The Morgan fingerprint density at radius 3 is 2.30 bits per heavy atom. The minimum Gasteiger partial charge on any atom is -0.463 e. The topological polar surface area (TPSA) is 96.9 Å². The zero-order valence-electron chi connectivity index (χ0n) is 18.0. The van der Waals surface area contributed by atoms with Gasteiger partial charge in [-0.2, -0.15) is 0 Å². The van der Waals surface area contributed by atoms with Crippen molar-refractivity contribution in [2.24, 2.45) is 0 Å². The van der Waals surface area contributed by atoms with E-state index in [0.29, 0.717) is 12.2 Å². The van der Waals surface area contributed by atoms with Gasteiger partial charge in [-0.25, -0.2) is 4.79 Å². The molecule has 0 saturated carbocycles. The van der Waals surface area contributed by atoms with Crippen LogP contribution < -0.4 is 15.4 Å². The van der Waals surface area contributed by atoms with Gasteiger partial charge in [0.15, 0.2) is 0 Å². The number of ether oxygens (including phenoxy) is 2. The second-order valence-electron chi connectivity index (χ2n) is 7.88. The quantitative estimate of drug-likeness (QED) is 0.519. The van der Waals surface area contributed by atoms with Gasteiger partial charge < -0.3 is 25.2 Å². The van der Waals surface area contributed by atoms with E-state index >= 15 is 0 Å². The fraction of sp³-hybridized carbons (Fsp3) is 0.231. The van der Waals surface area contributed by atoms with Crippen molar-refractivity contribution in [3.8, 4) is 5.75 Å². The van der Waals surface area contributed by atoms with Crippen LogP contribution >= 0.6 is 0 Å². The van der Waals surface area contributed by atoms with E-state index in [4.69, 9.17) is 9.47 Å². The number of carbonyl (C=O) groups excluding carboxylic acids is 2. The first-order valence-electron chi connectivity index (χ1n) is 10.8. The van der Waals surface area contributed by atoms with Crippen LogP contribution in [-0.2, 0) is 29.0 Å². The minimum atomic E-state index is -1.19. The predicted octanol–water partition coefficient (Wildman–Crippen LogP) is 2.96. The summed E-state index contributed by atoms with van der Waals surface area (Å²) in [6.07, 6.45) is -1.19. The number of aliphatic hydroxyl groups excluding tert-OH is 1. The third-order valence-corrected chi connectivity index (χ3v) is 5.44. The minimum absolute atomic E-state index is 0.0955. The summed E-state index contributed by atoms with van der Waals surface area (Å²) in [4.78, 5) is 25.6. The number of fused-ring (bicyclic) bond motifs is 1. The van der Waals surface area contributed by atoms with E-state index in [1.165, 1.54) is 0 Å². The molecule has 3 N–H and O–H groups in total. The number of rotatable bonds is 7. The van der Waals surface area contributed by atoms with Crippen molar-refractivity contribution in [1.29, 1.82) is 0 Å². The van der Waals surface area contributed by atoms with Gasteiger partial charge in [0.2, 0.25) is 12.2 Å². The van der Waals surface area contributed by atoms with Crippen molar-refractivity contribution < 1.29 is 24.2 Å². The smallest absolute Gasteiger partial charge is 0.408 e. The molecular formula is C26H26N2O5. The zero-order valence-corrected chi connectivity index (χ0v) is 18.0. The molecule has 0 aliphatic carbocycles. The molecule has 1 aliphatic rings. The Morgan fingerprint density at radius 2 is 1.58 bits per heavy atom. The molecule has 3 aromatic carbocycles. The number of benzene rings is 3. The molecule has 1 aliphatic heterocycles. The molecule has 1 heterocycles. The number of alkyl carbamates (subject to hydrolysis) is 1. The first-order valence-corrected chi connectivity index (χ1v) is 10.8. The molecule has 2 amide bonds. The van der Waals surface area contributed by atoms with Crippen LogP contribution in [0.2, 0.25) is 0 Å². The molecule has 1 unspecified atom stereocenters. The molecule has 33 heavy (non-hydrogen) atoms. The van der Waals surface area contributed by atoms with Crippen LogP contribution in [0.3, 0.4) is 0 Å². The summed E-state index contributed by atoms with van der Waals surface area (Å²) in [5.41, 5.74) is 2.62. The Hall–Kier alpha value is -3.84. The van der Waals surface area contributed by atoms with Crippen LogP contribution in [0.1, 0.15) is 16.7 Å². The maximum Gasteiger partial charge on any atom is 0.408 e. The molecular weight excluding hydrogens is 420 g/mol. The number of para-hydroxylation sites is 1. The van der Waals surface area contributed by atoms with Gasteiger partial charge in [-0.1, -0.05) is 78.9 Å². The summed E-state index contributed by atoms with van der Waals surface area (Å²) in [7, 11) is 0. The van der Waals surface area contributed by atoms with Crippen molar-refractivity contribution in [2.45, 2.75) is 37.8 Å². The number of carbonyl (C=O) groups is 2. The van der Waals surface area contributed by atoms with Crippen molar-refractivity contribution in [2.75, 3.05) is 0 Å². The summed E-state index contributed by atoms with van der Waals surface area (Å²) in [6.45, 7) is 0.0955. The standard InChI is InChI=1S/C26H26N2O5/c29-24(27-22-16-20-13-7-8-14-23(20)33-25(22)30)21(15-18-9-3-1-4-10-18)28-26(31)32-17-19-11-5-2-6-12-19/h1-14,21-22,25,30H,15-17H2,(H,27,29)(H,28,31)/t21-,22-,25?/m0/s1. The number of aliphatic hydroxyl groups is 1. The fourth-order valence-corrected chi connectivity index (χ4v) is 3.71. The molecule has 0 saturated heterocycles. The lowest BCUT2D eigenvalue weighted by molar-refractivity contribution is -0.128. The second kappa shape index (κ2) is 10.7. The van der Waals surface area contributed by atoms with Gasteiger partial charge in [0.25, 0.3) is 0 Å². The lowest BCUT2D eigenvalue weighted by Crippen LogP contribution is -2.56. The van der Waals surface area contributed by atoms with E-state index in [2.05, 4.69) is 10.6 Å². The predicted molar refractivity (Wildman–Crippen MR) is 122 cm³/mol. The highest BCUT2D eigenvalue weighted by Gasteiger charge is 2.32. The fourth-order valence-electron chi connectivity index (χ4n) is 3.71. The van der Waals surface area contributed by atoms with Gasteiger partial charge in [-0.05, 0) is 22.8 Å². The Labute approximate surface area is 192 Å². The normalized spacial score (nSPS) is 17.7. The third-order valence-electron chi connectivity index (χ3n) is 5.44. The highest BCUT2D eigenvalue weighted by atomic mass is 16.6. The first kappa shape index (κ1) is 22.4. The number of amides is 2. The number of nitrogens with one attached hydrogen (secondary N) is 2. The molecule has 0 bridgehead atoms. The maximum absolute atomic E-state index is 13.1. The van der Waals surface area contributed by atoms with Gasteiger partial charge in [-0.15, -0.1) is 0 Å². The van der Waals surface area contributed by atoms with Crippen molar-refractivity contribution in [3.63, 3.8) is 0 Å². The molecule has 3 atom stereocenters. The van der Waals surface area contributed by atoms with Gasteiger partial charge >= 0.3 is 6.09 Å². The van der Waals surface area contributed by atoms with Gasteiger partial charge in [0.1, 0.15) is 18.4 Å². The molecule has 0 radical (unpaired) electrons. The van der Waals surface area contributed by atoms with Gasteiger partial charge in [0.05, 0.1) is 6.04 Å². The second-order valence-corrected chi connectivity index (χ2v) is 7.88. The summed E-state index contributed by atoms with van der Waals surface area (Å²) in [5, 5.41) is 15.9. The molecule has 0 fully saturated rings. The molecule has 170 valence electrons. The van der Waals surface area contributed by atoms with Crippen molar-refractivity contribution in [1.82, 2.24) is 10.6 Å². The summed E-state index contributed by atoms with van der Waals surface area (Å²) in [6, 6.07) is 24.5. The SMILES string of the molecule is O=C(N[C@@H](Cc1ccccc1)C(=O)N[C@H]1Cc2ccccc2OC1O)OCc1ccccc1. The van der Waals surface area contributed by atoms with E-state index < -0.39 is 30.4 Å². The van der Waals surface area contributed by atoms with E-state index in [1.54, 1.807) is 6.07 Å². The highest BCUT2D eigenvalue weighted by Crippen LogP contribution is 2.26. The number of hydrogen-bond donors (Lipinski definition) is 3. The van der Waals surface area contributed by atoms with Crippen LogP contribution in [-0.4, -0.2) is 35.5 Å². The third kappa shape index (κ3) is 6.11. The van der Waals surface area contributed by atoms with E-state index in [9.17, 15) is 14.7 Å². The molecule has 3 aromatic rings. The van der Waals surface area contributed by atoms with Crippen LogP contribution in [0.5, 0.6) is 5.75 Å². The summed E-state index contributed by atoms with van der Waals surface area (Å²) in [5.74, 6) is 0.168. The zero-order chi connectivity index (χ0) is 23.0. The lowest BCUT2D eigenvalue weighted by Gasteiger charge is -2.31. The molecule has 7 heteroatoms. The van der Waals surface area contributed by atoms with E-state index in [-0.39, 0.29) is 13.0 Å². The average molecular weight is 447 g/mol. The molecule has 7 nitrogen and oxygen atoms in total. The lowest BCUT2D eigenvalue weighted by atomic mass is 10.00. The molecule has 0 spiro atoms. The maximum atomic E-state index is 13.1. The van der Waals surface area contributed by atoms with Crippen LogP contribution in [0, 0.1) is 0 Å². The Morgan fingerprint density at radius 1 is 0.939 bits per heavy atom. The van der Waals surface area contributed by atoms with Gasteiger partial charge in [0, 0.05) is 12.8 Å². The van der Waals surface area contributed by atoms with Crippen LogP contribution in [0.15, 0.2) is 84.9 Å². The van der Waals surface area contributed by atoms with Crippen molar-refractivity contribution in [3.05, 3.63) is 102 Å². The monoisotopic (exact) mass is 446 g/mol. The Balaban J connectivity index is 1.42. The largest absolute Gasteiger partial charge is 0.463 e. The average Bonchev–Trinajstić information content (AvgIpc) is 2.84. The first-order chi connectivity index (χ1) is 16.1. The van der Waals surface area contributed by atoms with Crippen molar-refractivity contribution >= 4 is 12.0 Å². The van der Waals surface area contributed by atoms with Crippen LogP contribution in [0.4, 0.5) is 4.79 Å². The Kier molecular flexibility index (Phi) is 7.22. The summed E-state index contributed by atoms with van der Waals surface area (Å²) < 4.78 is 10.8. The van der Waals surface area contributed by atoms with Crippen LogP contribution in [0.25, 0.3) is 0 Å². The highest BCUT2D eigenvalue weighted by molar-refractivity contribution is 5.86. The van der Waals surface area contributed by atoms with Gasteiger partial charge in [-0.3, -0.25) is 4.79 Å². The summed E-state index contributed by atoms with van der Waals surface area (Å²) >= 11 is 0. The number of hydrogen-bond acceptors (Lipinski definition) is 5. The molecule has 0 aromatic heterocycles. The van der Waals surface area contributed by atoms with E-state index in [0.717, 1.165) is 16.7 Å². The Bertz CT molecular complexity index is 1070. The van der Waals surface area contributed by atoms with E-state index in [1.807, 2.05) is 78.9 Å².